The maximum absolute atomic E-state index is 13.7. The van der Waals surface area contributed by atoms with Crippen molar-refractivity contribution in [1.82, 2.24) is 4.90 Å². The lowest BCUT2D eigenvalue weighted by Crippen LogP contribution is -2.35. The molecule has 0 saturated carbocycles. The molecule has 2 aromatic carbocycles. The molecule has 0 radical (unpaired) electrons. The van der Waals surface area contributed by atoms with Crippen molar-refractivity contribution in [3.8, 4) is 0 Å². The Hall–Kier alpha value is -2.71. The lowest BCUT2D eigenvalue weighted by atomic mass is 10.2. The topological polar surface area (TPSA) is 71.0 Å². The summed E-state index contributed by atoms with van der Waals surface area (Å²) >= 11 is 1.23. The monoisotopic (exact) mass is 401 g/mol. The summed E-state index contributed by atoms with van der Waals surface area (Å²) in [5.74, 6) is -1.15. The highest BCUT2D eigenvalue weighted by molar-refractivity contribution is 8.15. The molecule has 1 atom stereocenters. The largest absolute Gasteiger partial charge is 0.383 e. The molecule has 0 bridgehead atoms. The van der Waals surface area contributed by atoms with E-state index in [0.29, 0.717) is 18.3 Å². The molecule has 1 heterocycles. The smallest absolute Gasteiger partial charge is 0.242 e. The van der Waals surface area contributed by atoms with E-state index < -0.39 is 17.0 Å². The number of para-hydroxylation sites is 2. The van der Waals surface area contributed by atoms with Gasteiger partial charge in [-0.2, -0.15) is 0 Å². The van der Waals surface area contributed by atoms with Crippen LogP contribution in [0.3, 0.4) is 0 Å². The zero-order chi connectivity index (χ0) is 19.9. The van der Waals surface area contributed by atoms with Crippen LogP contribution in [0.2, 0.25) is 0 Å². The molecule has 28 heavy (non-hydrogen) atoms. The van der Waals surface area contributed by atoms with Crippen LogP contribution in [-0.4, -0.2) is 47.4 Å². The third-order valence-corrected chi connectivity index (χ3v) is 5.21. The molecule has 0 spiro atoms. The van der Waals surface area contributed by atoms with Gasteiger partial charge in [-0.1, -0.05) is 42.1 Å². The molecular formula is C20H20FN3O3S. The number of rotatable bonds is 7. The third kappa shape index (κ3) is 4.96. The Morgan fingerprint density at radius 1 is 1.21 bits per heavy atom. The van der Waals surface area contributed by atoms with Crippen LogP contribution in [0.1, 0.15) is 6.42 Å². The number of nitrogens with zero attached hydrogens (tertiary/aromatic N) is 2. The number of ether oxygens (including phenoxy) is 1. The van der Waals surface area contributed by atoms with Gasteiger partial charge < -0.3 is 10.1 Å². The molecule has 1 saturated heterocycles. The predicted molar refractivity (Wildman–Crippen MR) is 108 cm³/mol. The number of carbonyl (C=O) groups is 2. The second-order valence-electron chi connectivity index (χ2n) is 6.05. The van der Waals surface area contributed by atoms with Crippen molar-refractivity contribution in [2.75, 3.05) is 25.6 Å². The molecule has 0 aliphatic carbocycles. The van der Waals surface area contributed by atoms with Crippen molar-refractivity contribution in [1.29, 1.82) is 0 Å². The Bertz CT molecular complexity index is 876. The number of thioether (sulfide) groups is 1. The first-order valence-electron chi connectivity index (χ1n) is 8.73. The first kappa shape index (κ1) is 20.0. The van der Waals surface area contributed by atoms with Gasteiger partial charge >= 0.3 is 0 Å². The van der Waals surface area contributed by atoms with E-state index in [4.69, 9.17) is 4.74 Å². The molecule has 6 nitrogen and oxygen atoms in total. The standard InChI is InChI=1S/C20H20FN3O3S/c1-27-12-11-24-19(26)17(28-20(24)22-14-7-3-2-4-8-14)13-18(25)23-16-10-6-5-9-15(16)21/h2-10,17H,11-13H2,1H3,(H,23,25)/t17-/m1/s1. The normalized spacial score (nSPS) is 17.9. The molecule has 8 heteroatoms. The maximum Gasteiger partial charge on any atom is 0.242 e. The summed E-state index contributed by atoms with van der Waals surface area (Å²) in [4.78, 5) is 31.2. The Morgan fingerprint density at radius 2 is 1.93 bits per heavy atom. The van der Waals surface area contributed by atoms with Gasteiger partial charge in [0.1, 0.15) is 11.1 Å². The second-order valence-corrected chi connectivity index (χ2v) is 7.22. The number of amides is 2. The summed E-state index contributed by atoms with van der Waals surface area (Å²) in [7, 11) is 1.56. The van der Waals surface area contributed by atoms with Crippen molar-refractivity contribution in [3.63, 3.8) is 0 Å². The van der Waals surface area contributed by atoms with E-state index in [1.807, 2.05) is 30.3 Å². The maximum atomic E-state index is 13.7. The lowest BCUT2D eigenvalue weighted by Gasteiger charge is -2.15. The number of hydrogen-bond donors (Lipinski definition) is 1. The average Bonchev–Trinajstić information content (AvgIpc) is 2.97. The Morgan fingerprint density at radius 3 is 2.64 bits per heavy atom. The zero-order valence-corrected chi connectivity index (χ0v) is 16.1. The summed E-state index contributed by atoms with van der Waals surface area (Å²) in [5, 5.41) is 2.42. The van der Waals surface area contributed by atoms with Gasteiger partial charge in [-0.3, -0.25) is 14.5 Å². The SMILES string of the molecule is COCCN1C(=O)[C@@H](CC(=O)Nc2ccccc2F)SC1=Nc1ccccc1. The molecule has 1 aliphatic rings. The van der Waals surface area contributed by atoms with Crippen LogP contribution in [-0.2, 0) is 14.3 Å². The van der Waals surface area contributed by atoms with Crippen molar-refractivity contribution in [2.45, 2.75) is 11.7 Å². The number of amidine groups is 1. The van der Waals surface area contributed by atoms with Crippen molar-refractivity contribution in [3.05, 3.63) is 60.4 Å². The highest BCUT2D eigenvalue weighted by Crippen LogP contribution is 2.31. The highest BCUT2D eigenvalue weighted by Gasteiger charge is 2.39. The molecule has 1 fully saturated rings. The number of halogens is 1. The number of aliphatic imine (C=N–C) groups is 1. The first-order chi connectivity index (χ1) is 13.6. The number of nitrogens with one attached hydrogen (secondary N) is 1. The number of methoxy groups -OCH3 is 1. The van der Waals surface area contributed by atoms with Crippen molar-refractivity contribution < 1.29 is 18.7 Å². The van der Waals surface area contributed by atoms with Crippen LogP contribution in [0, 0.1) is 5.82 Å². The van der Waals surface area contributed by atoms with Crippen LogP contribution in [0.4, 0.5) is 15.8 Å². The minimum atomic E-state index is -0.619. The van der Waals surface area contributed by atoms with Gasteiger partial charge in [0.05, 0.1) is 24.5 Å². The van der Waals surface area contributed by atoms with E-state index in [1.165, 1.54) is 28.8 Å². The summed E-state index contributed by atoms with van der Waals surface area (Å²) < 4.78 is 18.8. The van der Waals surface area contributed by atoms with E-state index in [1.54, 1.807) is 19.2 Å². The Balaban J connectivity index is 1.73. The molecule has 2 amide bonds. The molecule has 0 unspecified atom stereocenters. The molecule has 2 aromatic rings. The van der Waals surface area contributed by atoms with Gasteiger partial charge in [0.2, 0.25) is 11.8 Å². The van der Waals surface area contributed by atoms with E-state index in [2.05, 4.69) is 10.3 Å². The molecule has 0 aromatic heterocycles. The van der Waals surface area contributed by atoms with Crippen LogP contribution >= 0.6 is 11.8 Å². The highest BCUT2D eigenvalue weighted by atomic mass is 32.2. The molecule has 3 rings (SSSR count). The van der Waals surface area contributed by atoms with Crippen LogP contribution < -0.4 is 5.32 Å². The van der Waals surface area contributed by atoms with Gasteiger partial charge in [0, 0.05) is 13.5 Å². The van der Waals surface area contributed by atoms with Gasteiger partial charge in [0.25, 0.3) is 0 Å². The van der Waals surface area contributed by atoms with Gasteiger partial charge in [0.15, 0.2) is 5.17 Å². The van der Waals surface area contributed by atoms with Crippen LogP contribution in [0.15, 0.2) is 59.6 Å². The van der Waals surface area contributed by atoms with Crippen LogP contribution in [0.25, 0.3) is 0 Å². The summed E-state index contributed by atoms with van der Waals surface area (Å²) in [6, 6.07) is 15.2. The van der Waals surface area contributed by atoms with E-state index in [0.717, 1.165) is 5.69 Å². The Kier molecular flexibility index (Phi) is 6.78. The number of benzene rings is 2. The van der Waals surface area contributed by atoms with E-state index >= 15 is 0 Å². The van der Waals surface area contributed by atoms with Crippen LogP contribution in [0.5, 0.6) is 0 Å². The van der Waals surface area contributed by atoms with Crippen molar-refractivity contribution >= 4 is 40.1 Å². The molecular weight excluding hydrogens is 381 g/mol. The van der Waals surface area contributed by atoms with Gasteiger partial charge in [-0.25, -0.2) is 9.38 Å². The summed E-state index contributed by atoms with van der Waals surface area (Å²) in [6.45, 7) is 0.702. The van der Waals surface area contributed by atoms with Crippen molar-refractivity contribution in [2.24, 2.45) is 4.99 Å². The van der Waals surface area contributed by atoms with Gasteiger partial charge in [-0.15, -0.1) is 0 Å². The minimum Gasteiger partial charge on any atom is -0.383 e. The fraction of sp³-hybridized carbons (Fsp3) is 0.250. The molecule has 1 N–H and O–H groups in total. The fourth-order valence-electron chi connectivity index (χ4n) is 2.66. The fourth-order valence-corrected chi connectivity index (χ4v) is 3.84. The molecule has 146 valence electrons. The first-order valence-corrected chi connectivity index (χ1v) is 9.61. The third-order valence-electron chi connectivity index (χ3n) is 4.04. The van der Waals surface area contributed by atoms with E-state index in [9.17, 15) is 14.0 Å². The molecule has 1 aliphatic heterocycles. The second kappa shape index (κ2) is 9.48. The average molecular weight is 401 g/mol. The summed E-state index contributed by atoms with van der Waals surface area (Å²) in [6.07, 6.45) is -0.0743. The lowest BCUT2D eigenvalue weighted by molar-refractivity contribution is -0.128. The minimum absolute atomic E-state index is 0.0743. The zero-order valence-electron chi connectivity index (χ0n) is 15.3. The quantitative estimate of drug-likeness (QED) is 0.772. The predicted octanol–water partition coefficient (Wildman–Crippen LogP) is 3.43. The Labute approximate surface area is 166 Å². The number of hydrogen-bond acceptors (Lipinski definition) is 5. The number of carbonyl (C=O) groups excluding carboxylic acids is 2. The summed E-state index contributed by atoms with van der Waals surface area (Å²) in [5.41, 5.74) is 0.814. The van der Waals surface area contributed by atoms with E-state index in [-0.39, 0.29) is 18.0 Å². The van der Waals surface area contributed by atoms with Gasteiger partial charge in [-0.05, 0) is 24.3 Å². The number of anilines is 1.